The second kappa shape index (κ2) is 5.86. The molecule has 2 aliphatic heterocycles. The molecule has 0 radical (unpaired) electrons. The Balaban J connectivity index is 1.62. The van der Waals surface area contributed by atoms with Crippen molar-refractivity contribution in [3.05, 3.63) is 0 Å². The first-order valence-electron chi connectivity index (χ1n) is 8.26. The summed E-state index contributed by atoms with van der Waals surface area (Å²) < 4.78 is 10.9. The van der Waals surface area contributed by atoms with Gasteiger partial charge in [0.25, 0.3) is 0 Å². The van der Waals surface area contributed by atoms with Crippen LogP contribution in [-0.4, -0.2) is 60.9 Å². The van der Waals surface area contributed by atoms with Gasteiger partial charge in [-0.2, -0.15) is 0 Å². The van der Waals surface area contributed by atoms with Gasteiger partial charge in [0.1, 0.15) is 5.54 Å². The summed E-state index contributed by atoms with van der Waals surface area (Å²) in [4.78, 5) is 14.7. The number of carbonyl (C=O) groups is 1. The maximum absolute atomic E-state index is 12.2. The van der Waals surface area contributed by atoms with E-state index in [2.05, 4.69) is 17.1 Å². The van der Waals surface area contributed by atoms with Gasteiger partial charge in [-0.25, -0.2) is 0 Å². The van der Waals surface area contributed by atoms with Crippen LogP contribution in [0.15, 0.2) is 0 Å². The van der Waals surface area contributed by atoms with E-state index in [9.17, 15) is 4.79 Å². The summed E-state index contributed by atoms with van der Waals surface area (Å²) >= 11 is 0. The minimum atomic E-state index is -0.577. The lowest BCUT2D eigenvalue weighted by molar-refractivity contribution is -0.149. The molecular formula is C16H28N2O3. The minimum Gasteiger partial charge on any atom is -0.468 e. The topological polar surface area (TPSA) is 50.8 Å². The maximum atomic E-state index is 12.2. The number of hydrogen-bond donors (Lipinski definition) is 1. The Kier molecular flexibility index (Phi) is 4.26. The largest absolute Gasteiger partial charge is 0.468 e. The van der Waals surface area contributed by atoms with Gasteiger partial charge in [0.2, 0.25) is 0 Å². The molecular weight excluding hydrogens is 268 g/mol. The molecule has 0 aromatic rings. The predicted molar refractivity (Wildman–Crippen MR) is 80.1 cm³/mol. The second-order valence-electron chi connectivity index (χ2n) is 7.21. The van der Waals surface area contributed by atoms with Crippen molar-refractivity contribution in [2.45, 2.75) is 75.8 Å². The van der Waals surface area contributed by atoms with Gasteiger partial charge >= 0.3 is 5.97 Å². The fourth-order valence-electron chi connectivity index (χ4n) is 3.83. The molecule has 0 aromatic heterocycles. The number of carbonyl (C=O) groups excluding carboxylic acids is 1. The third-order valence-electron chi connectivity index (χ3n) is 5.13. The lowest BCUT2D eigenvalue weighted by Gasteiger charge is -2.40. The van der Waals surface area contributed by atoms with E-state index in [1.807, 2.05) is 6.92 Å². The number of nitrogens with zero attached hydrogens (tertiary/aromatic N) is 1. The molecule has 1 aliphatic carbocycles. The van der Waals surface area contributed by atoms with Crippen LogP contribution in [0.5, 0.6) is 0 Å². The molecule has 0 amide bonds. The minimum absolute atomic E-state index is 0.141. The van der Waals surface area contributed by atoms with E-state index in [-0.39, 0.29) is 5.97 Å². The molecule has 1 saturated carbocycles. The zero-order chi connectivity index (χ0) is 15.0. The smallest absolute Gasteiger partial charge is 0.325 e. The average molecular weight is 296 g/mol. The van der Waals surface area contributed by atoms with Gasteiger partial charge in [-0.3, -0.25) is 15.0 Å². The van der Waals surface area contributed by atoms with Crippen LogP contribution < -0.4 is 5.32 Å². The Morgan fingerprint density at radius 1 is 1.33 bits per heavy atom. The molecule has 3 aliphatic rings. The summed E-state index contributed by atoms with van der Waals surface area (Å²) in [7, 11) is 1.48. The van der Waals surface area contributed by atoms with E-state index in [0.29, 0.717) is 24.3 Å². The molecule has 120 valence electrons. The number of rotatable bonds is 6. The number of hydrogen-bond acceptors (Lipinski definition) is 5. The highest BCUT2D eigenvalue weighted by Crippen LogP contribution is 2.31. The fraction of sp³-hybridized carbons (Fsp3) is 0.938. The molecule has 1 N–H and O–H groups in total. The summed E-state index contributed by atoms with van der Waals surface area (Å²) in [6.45, 7) is 6.21. The van der Waals surface area contributed by atoms with Crippen LogP contribution in [0, 0.1) is 0 Å². The summed E-state index contributed by atoms with van der Waals surface area (Å²) in [5, 5.41) is 3.49. The summed E-state index contributed by atoms with van der Waals surface area (Å²) in [6, 6.07) is 0.842. The monoisotopic (exact) mass is 296 g/mol. The van der Waals surface area contributed by atoms with Crippen LogP contribution in [0.25, 0.3) is 0 Å². The number of fused-ring (bicyclic) bond motifs is 2. The molecule has 4 unspecified atom stereocenters. The lowest BCUT2D eigenvalue weighted by Crippen LogP contribution is -2.56. The van der Waals surface area contributed by atoms with Crippen molar-refractivity contribution >= 4 is 5.97 Å². The molecule has 2 heterocycles. The Morgan fingerprint density at radius 2 is 1.95 bits per heavy atom. The fourth-order valence-corrected chi connectivity index (χ4v) is 3.83. The average Bonchev–Trinajstić information content (AvgIpc) is 3.21. The lowest BCUT2D eigenvalue weighted by atomic mass is 9.92. The Hall–Kier alpha value is -0.650. The maximum Gasteiger partial charge on any atom is 0.325 e. The first-order valence-corrected chi connectivity index (χ1v) is 8.26. The number of likely N-dealkylation sites (tertiary alicyclic amines) is 1. The molecule has 0 spiro atoms. The molecule has 3 fully saturated rings. The summed E-state index contributed by atoms with van der Waals surface area (Å²) in [5.74, 6) is -0.141. The number of esters is 1. The number of nitrogens with one attached hydrogen (secondary N) is 1. The first-order chi connectivity index (χ1) is 10.00. The molecule has 0 aromatic carbocycles. The van der Waals surface area contributed by atoms with Gasteiger partial charge < -0.3 is 9.47 Å². The molecule has 4 atom stereocenters. The molecule has 5 nitrogen and oxygen atoms in total. The highest BCUT2D eigenvalue weighted by Gasteiger charge is 2.43. The van der Waals surface area contributed by atoms with E-state index >= 15 is 0 Å². The van der Waals surface area contributed by atoms with Gasteiger partial charge in [0, 0.05) is 25.2 Å². The van der Waals surface area contributed by atoms with Crippen molar-refractivity contribution < 1.29 is 14.3 Å². The standard InChI is InChI=1S/C16H28N2O3/c1-11(18-9-13-6-7-14(10-18)21-13)8-16(2,15(19)20-3)17-12-4-5-12/h11-14,17H,4-10H2,1-3H3. The van der Waals surface area contributed by atoms with Crippen LogP contribution in [0.3, 0.4) is 0 Å². The van der Waals surface area contributed by atoms with Crippen molar-refractivity contribution in [3.63, 3.8) is 0 Å². The van der Waals surface area contributed by atoms with Crippen molar-refractivity contribution in [1.29, 1.82) is 0 Å². The zero-order valence-electron chi connectivity index (χ0n) is 13.4. The SMILES string of the molecule is COC(=O)C(C)(CC(C)N1CC2CCC(C1)O2)NC1CC1. The Labute approximate surface area is 127 Å². The Bertz CT molecular complexity index is 387. The normalized spacial score (nSPS) is 33.5. The Morgan fingerprint density at radius 3 is 2.48 bits per heavy atom. The van der Waals surface area contributed by atoms with Gasteiger partial charge in [-0.15, -0.1) is 0 Å². The van der Waals surface area contributed by atoms with Gasteiger partial charge in [-0.05, 0) is 46.0 Å². The predicted octanol–water partition coefficient (Wildman–Crippen LogP) is 1.31. The van der Waals surface area contributed by atoms with Crippen molar-refractivity contribution in [3.8, 4) is 0 Å². The van der Waals surface area contributed by atoms with E-state index in [1.54, 1.807) is 0 Å². The highest BCUT2D eigenvalue weighted by molar-refractivity contribution is 5.80. The van der Waals surface area contributed by atoms with Crippen molar-refractivity contribution in [2.24, 2.45) is 0 Å². The highest BCUT2D eigenvalue weighted by atomic mass is 16.5. The molecule has 2 bridgehead atoms. The van der Waals surface area contributed by atoms with Crippen LogP contribution in [-0.2, 0) is 14.3 Å². The van der Waals surface area contributed by atoms with Crippen LogP contribution in [0.4, 0.5) is 0 Å². The molecule has 3 rings (SSSR count). The van der Waals surface area contributed by atoms with E-state index in [1.165, 1.54) is 32.8 Å². The van der Waals surface area contributed by atoms with Crippen LogP contribution in [0.2, 0.25) is 0 Å². The zero-order valence-corrected chi connectivity index (χ0v) is 13.4. The van der Waals surface area contributed by atoms with Gasteiger partial charge in [0.15, 0.2) is 0 Å². The van der Waals surface area contributed by atoms with Crippen LogP contribution >= 0.6 is 0 Å². The van der Waals surface area contributed by atoms with Crippen LogP contribution in [0.1, 0.15) is 46.0 Å². The number of morpholine rings is 1. The van der Waals surface area contributed by atoms with Crippen molar-refractivity contribution in [2.75, 3.05) is 20.2 Å². The molecule has 21 heavy (non-hydrogen) atoms. The summed E-state index contributed by atoms with van der Waals surface area (Å²) in [6.07, 6.45) is 6.28. The third-order valence-corrected chi connectivity index (χ3v) is 5.13. The summed E-state index contributed by atoms with van der Waals surface area (Å²) in [5.41, 5.74) is -0.577. The number of ether oxygens (including phenoxy) is 2. The van der Waals surface area contributed by atoms with Gasteiger partial charge in [0.05, 0.1) is 19.3 Å². The number of methoxy groups -OCH3 is 1. The molecule has 2 saturated heterocycles. The van der Waals surface area contributed by atoms with Crippen molar-refractivity contribution in [1.82, 2.24) is 10.2 Å². The molecule has 5 heteroatoms. The third kappa shape index (κ3) is 3.41. The van der Waals surface area contributed by atoms with E-state index < -0.39 is 5.54 Å². The first kappa shape index (κ1) is 15.3. The quantitative estimate of drug-likeness (QED) is 0.749. The van der Waals surface area contributed by atoms with E-state index in [4.69, 9.17) is 9.47 Å². The van der Waals surface area contributed by atoms with E-state index in [0.717, 1.165) is 19.5 Å². The van der Waals surface area contributed by atoms with Gasteiger partial charge in [-0.1, -0.05) is 0 Å². The second-order valence-corrected chi connectivity index (χ2v) is 7.21.